The highest BCUT2D eigenvalue weighted by Crippen LogP contribution is 2.31. The molecule has 0 aromatic heterocycles. The summed E-state index contributed by atoms with van der Waals surface area (Å²) in [5, 5.41) is 22.5. The number of phenolic OH excluding ortho intramolecular Hbond substituents is 1. The summed E-state index contributed by atoms with van der Waals surface area (Å²) in [5.41, 5.74) is 2.18. The Balaban J connectivity index is 2.32. The number of hydrogen-bond donors (Lipinski definition) is 2. The van der Waals surface area contributed by atoms with E-state index in [0.717, 1.165) is 22.1 Å². The number of hydrogen-bond acceptors (Lipinski definition) is 3. The zero-order chi connectivity index (χ0) is 14.5. The van der Waals surface area contributed by atoms with Crippen molar-refractivity contribution < 1.29 is 5.11 Å². The maximum atomic E-state index is 9.95. The van der Waals surface area contributed by atoms with Crippen LogP contribution in [-0.2, 0) is 0 Å². The molecule has 4 heteroatoms. The van der Waals surface area contributed by atoms with Gasteiger partial charge in [0.2, 0.25) is 0 Å². The summed E-state index contributed by atoms with van der Waals surface area (Å²) in [7, 11) is 0. The third kappa shape index (κ3) is 3.12. The zero-order valence-corrected chi connectivity index (χ0v) is 12.7. The van der Waals surface area contributed by atoms with Crippen LogP contribution >= 0.6 is 15.9 Å². The van der Waals surface area contributed by atoms with Crippen molar-refractivity contribution in [2.24, 2.45) is 0 Å². The quantitative estimate of drug-likeness (QED) is 0.861. The van der Waals surface area contributed by atoms with Gasteiger partial charge in [0, 0.05) is 10.0 Å². The predicted molar refractivity (Wildman–Crippen MR) is 83.6 cm³/mol. The number of anilines is 1. The number of nitrogens with zero attached hydrogens (tertiary/aromatic N) is 1. The Labute approximate surface area is 127 Å². The lowest BCUT2D eigenvalue weighted by Crippen LogP contribution is -2.10. The number of para-hydroxylation sites is 1. The molecule has 0 fully saturated rings. The molecule has 20 heavy (non-hydrogen) atoms. The second kappa shape index (κ2) is 6.44. The van der Waals surface area contributed by atoms with Gasteiger partial charge in [0.15, 0.2) is 0 Å². The van der Waals surface area contributed by atoms with Gasteiger partial charge in [0.1, 0.15) is 11.8 Å². The van der Waals surface area contributed by atoms with Crippen LogP contribution < -0.4 is 5.32 Å². The molecule has 1 unspecified atom stereocenters. The van der Waals surface area contributed by atoms with Gasteiger partial charge in [-0.1, -0.05) is 41.1 Å². The Bertz CT molecular complexity index is 649. The van der Waals surface area contributed by atoms with Gasteiger partial charge in [-0.2, -0.15) is 5.26 Å². The highest BCUT2D eigenvalue weighted by atomic mass is 79.9. The molecule has 0 aliphatic rings. The van der Waals surface area contributed by atoms with Crippen LogP contribution in [0.1, 0.15) is 30.5 Å². The maximum Gasteiger partial charge on any atom is 0.120 e. The Morgan fingerprint density at radius 3 is 2.70 bits per heavy atom. The molecule has 0 saturated heterocycles. The van der Waals surface area contributed by atoms with E-state index in [2.05, 4.69) is 27.3 Å². The summed E-state index contributed by atoms with van der Waals surface area (Å²) in [6.07, 6.45) is 0.804. The van der Waals surface area contributed by atoms with Crippen molar-refractivity contribution in [1.29, 1.82) is 5.26 Å². The van der Waals surface area contributed by atoms with E-state index in [0.29, 0.717) is 5.56 Å². The molecule has 0 aliphatic carbocycles. The van der Waals surface area contributed by atoms with Crippen molar-refractivity contribution in [2.75, 3.05) is 5.32 Å². The summed E-state index contributed by atoms with van der Waals surface area (Å²) >= 11 is 3.36. The predicted octanol–water partition coefficient (Wildman–Crippen LogP) is 4.59. The second-order valence-electron chi connectivity index (χ2n) is 4.47. The van der Waals surface area contributed by atoms with Gasteiger partial charge in [-0.15, -0.1) is 0 Å². The Kier molecular flexibility index (Phi) is 4.65. The number of halogens is 1. The number of nitriles is 1. The first-order valence-corrected chi connectivity index (χ1v) is 7.19. The zero-order valence-electron chi connectivity index (χ0n) is 11.1. The van der Waals surface area contributed by atoms with Crippen LogP contribution in [0, 0.1) is 11.3 Å². The fraction of sp³-hybridized carbons (Fsp3) is 0.188. The Hall–Kier alpha value is -1.99. The van der Waals surface area contributed by atoms with E-state index >= 15 is 0 Å². The number of rotatable bonds is 4. The van der Waals surface area contributed by atoms with Crippen molar-refractivity contribution in [3.05, 3.63) is 58.1 Å². The summed E-state index contributed by atoms with van der Waals surface area (Å²) < 4.78 is 0.871. The average molecular weight is 331 g/mol. The first kappa shape index (κ1) is 14.4. The summed E-state index contributed by atoms with van der Waals surface area (Å²) in [5.74, 6) is 0.266. The number of aromatic hydroxyl groups is 1. The van der Waals surface area contributed by atoms with Crippen molar-refractivity contribution >= 4 is 21.6 Å². The molecule has 0 saturated carbocycles. The van der Waals surface area contributed by atoms with E-state index in [-0.39, 0.29) is 11.8 Å². The number of phenols is 1. The SMILES string of the molecule is CCC(Nc1ccc(Br)cc1C#N)c1ccccc1O. The van der Waals surface area contributed by atoms with Gasteiger partial charge >= 0.3 is 0 Å². The fourth-order valence-electron chi connectivity index (χ4n) is 2.10. The third-order valence-electron chi connectivity index (χ3n) is 3.15. The molecule has 0 bridgehead atoms. The Morgan fingerprint density at radius 1 is 1.30 bits per heavy atom. The van der Waals surface area contributed by atoms with Gasteiger partial charge in [-0.05, 0) is 30.7 Å². The summed E-state index contributed by atoms with van der Waals surface area (Å²) in [6, 6.07) is 14.9. The highest BCUT2D eigenvalue weighted by Gasteiger charge is 2.14. The minimum atomic E-state index is -0.0375. The van der Waals surface area contributed by atoms with Crippen molar-refractivity contribution in [1.82, 2.24) is 0 Å². The molecule has 102 valence electrons. The van der Waals surface area contributed by atoms with Crippen LogP contribution in [-0.4, -0.2) is 5.11 Å². The molecule has 0 aliphatic heterocycles. The van der Waals surface area contributed by atoms with Crippen molar-refractivity contribution in [3.63, 3.8) is 0 Å². The van der Waals surface area contributed by atoms with Crippen LogP contribution in [0.15, 0.2) is 46.9 Å². The topological polar surface area (TPSA) is 56.0 Å². The maximum absolute atomic E-state index is 9.95. The van der Waals surface area contributed by atoms with Crippen LogP contribution in [0.2, 0.25) is 0 Å². The smallest absolute Gasteiger partial charge is 0.120 e. The van der Waals surface area contributed by atoms with E-state index in [4.69, 9.17) is 0 Å². The largest absolute Gasteiger partial charge is 0.508 e. The van der Waals surface area contributed by atoms with Crippen LogP contribution in [0.5, 0.6) is 5.75 Å². The molecule has 1 atom stereocenters. The van der Waals surface area contributed by atoms with Gasteiger partial charge in [0.05, 0.1) is 17.3 Å². The lowest BCUT2D eigenvalue weighted by atomic mass is 10.0. The van der Waals surface area contributed by atoms with Gasteiger partial charge in [-0.25, -0.2) is 0 Å². The molecule has 2 N–H and O–H groups in total. The van der Waals surface area contributed by atoms with E-state index in [1.807, 2.05) is 31.2 Å². The molecule has 2 aromatic carbocycles. The summed E-state index contributed by atoms with van der Waals surface area (Å²) in [6.45, 7) is 2.04. The van der Waals surface area contributed by atoms with Crippen LogP contribution in [0.4, 0.5) is 5.69 Å². The van der Waals surface area contributed by atoms with E-state index in [9.17, 15) is 10.4 Å². The molecular weight excluding hydrogens is 316 g/mol. The van der Waals surface area contributed by atoms with Gasteiger partial charge in [-0.3, -0.25) is 0 Å². The van der Waals surface area contributed by atoms with Crippen molar-refractivity contribution in [2.45, 2.75) is 19.4 Å². The monoisotopic (exact) mass is 330 g/mol. The first-order chi connectivity index (χ1) is 9.65. The highest BCUT2D eigenvalue weighted by molar-refractivity contribution is 9.10. The van der Waals surface area contributed by atoms with Crippen LogP contribution in [0.25, 0.3) is 0 Å². The molecule has 0 spiro atoms. The van der Waals surface area contributed by atoms with Gasteiger partial charge < -0.3 is 10.4 Å². The van der Waals surface area contributed by atoms with Gasteiger partial charge in [0.25, 0.3) is 0 Å². The molecule has 2 rings (SSSR count). The lowest BCUT2D eigenvalue weighted by molar-refractivity contribution is 0.463. The van der Waals surface area contributed by atoms with E-state index < -0.39 is 0 Å². The average Bonchev–Trinajstić information content (AvgIpc) is 2.47. The second-order valence-corrected chi connectivity index (χ2v) is 5.38. The minimum Gasteiger partial charge on any atom is -0.508 e. The number of nitrogens with one attached hydrogen (secondary N) is 1. The van der Waals surface area contributed by atoms with Crippen LogP contribution in [0.3, 0.4) is 0 Å². The number of benzene rings is 2. The molecule has 0 heterocycles. The van der Waals surface area contributed by atoms with E-state index in [1.54, 1.807) is 18.2 Å². The minimum absolute atomic E-state index is 0.0375. The molecule has 0 amide bonds. The molecular formula is C16H15BrN2O. The lowest BCUT2D eigenvalue weighted by Gasteiger charge is -2.20. The molecule has 2 aromatic rings. The normalized spacial score (nSPS) is 11.7. The first-order valence-electron chi connectivity index (χ1n) is 6.39. The van der Waals surface area contributed by atoms with Crippen molar-refractivity contribution in [3.8, 4) is 11.8 Å². The molecule has 3 nitrogen and oxygen atoms in total. The summed E-state index contributed by atoms with van der Waals surface area (Å²) in [4.78, 5) is 0. The third-order valence-corrected chi connectivity index (χ3v) is 3.65. The van der Waals surface area contributed by atoms with E-state index in [1.165, 1.54) is 0 Å². The Morgan fingerprint density at radius 2 is 2.05 bits per heavy atom. The standard InChI is InChI=1S/C16H15BrN2O/c1-2-14(13-5-3-4-6-16(13)20)19-15-8-7-12(17)9-11(15)10-18/h3-9,14,19-20H,2H2,1H3. The fourth-order valence-corrected chi connectivity index (χ4v) is 2.47. The molecule has 0 radical (unpaired) electrons.